The van der Waals surface area contributed by atoms with Crippen LogP contribution >= 0.6 is 0 Å². The van der Waals surface area contributed by atoms with Crippen LogP contribution in [0.4, 0.5) is 0 Å². The Bertz CT molecular complexity index is 268. The molecule has 0 saturated carbocycles. The van der Waals surface area contributed by atoms with E-state index in [9.17, 15) is 4.79 Å². The smallest absolute Gasteiger partial charge is 0.251 e. The normalized spacial score (nSPS) is 9.27. The van der Waals surface area contributed by atoms with Gasteiger partial charge in [0, 0.05) is 12.6 Å². The zero-order chi connectivity index (χ0) is 8.27. The first kappa shape index (κ1) is 7.79. The highest BCUT2D eigenvalue weighted by atomic mass is 16.1. The van der Waals surface area contributed by atoms with Crippen molar-refractivity contribution in [3.8, 4) is 0 Å². The molecule has 0 aliphatic heterocycles. The molecule has 1 N–H and O–H groups in total. The molecular formula is C9H10NO. The van der Waals surface area contributed by atoms with Gasteiger partial charge in [0.25, 0.3) is 5.91 Å². The Kier molecular flexibility index (Phi) is 2.26. The molecule has 11 heavy (non-hydrogen) atoms. The minimum absolute atomic E-state index is 0.0536. The van der Waals surface area contributed by atoms with Gasteiger partial charge < -0.3 is 5.32 Å². The second-order valence-electron chi connectivity index (χ2n) is 2.34. The van der Waals surface area contributed by atoms with Crippen LogP contribution in [-0.4, -0.2) is 13.0 Å². The molecule has 1 radical (unpaired) electrons. The molecule has 2 nitrogen and oxygen atoms in total. The minimum Gasteiger partial charge on any atom is -0.355 e. The lowest BCUT2D eigenvalue weighted by Crippen LogP contribution is -2.17. The van der Waals surface area contributed by atoms with Crippen molar-refractivity contribution >= 4 is 5.91 Å². The molecule has 0 saturated heterocycles. The molecule has 0 fully saturated rings. The molecular weight excluding hydrogens is 138 g/mol. The molecule has 1 rings (SSSR count). The van der Waals surface area contributed by atoms with E-state index in [1.54, 1.807) is 25.2 Å². The molecule has 0 heterocycles. The van der Waals surface area contributed by atoms with Gasteiger partial charge in [-0.15, -0.1) is 0 Å². The van der Waals surface area contributed by atoms with Crippen molar-refractivity contribution in [3.05, 3.63) is 35.4 Å². The van der Waals surface area contributed by atoms with Crippen LogP contribution in [0.2, 0.25) is 0 Å². The highest BCUT2D eigenvalue weighted by molar-refractivity contribution is 5.94. The second-order valence-corrected chi connectivity index (χ2v) is 2.34. The van der Waals surface area contributed by atoms with E-state index >= 15 is 0 Å². The number of amides is 1. The van der Waals surface area contributed by atoms with Crippen LogP contribution in [-0.2, 0) is 0 Å². The van der Waals surface area contributed by atoms with E-state index in [0.29, 0.717) is 5.56 Å². The number of hydrogen-bond donors (Lipinski definition) is 1. The highest BCUT2D eigenvalue weighted by Crippen LogP contribution is 2.01. The first-order valence-electron chi connectivity index (χ1n) is 3.44. The van der Waals surface area contributed by atoms with Crippen LogP contribution in [0.5, 0.6) is 0 Å². The third kappa shape index (κ3) is 1.80. The number of benzene rings is 1. The molecule has 0 spiro atoms. The first-order valence-corrected chi connectivity index (χ1v) is 3.44. The number of nitrogens with one attached hydrogen (secondary N) is 1. The maximum absolute atomic E-state index is 11.0. The predicted octanol–water partition coefficient (Wildman–Crippen LogP) is 1.15. The third-order valence-corrected chi connectivity index (χ3v) is 1.44. The molecule has 1 aromatic carbocycles. The van der Waals surface area contributed by atoms with Crippen molar-refractivity contribution in [1.29, 1.82) is 0 Å². The Morgan fingerprint density at radius 1 is 1.64 bits per heavy atom. The Balaban J connectivity index is 2.96. The lowest BCUT2D eigenvalue weighted by Gasteiger charge is -1.98. The summed E-state index contributed by atoms with van der Waals surface area (Å²) in [7, 11) is 1.62. The summed E-state index contributed by atoms with van der Waals surface area (Å²) in [6.45, 7) is 1.91. The van der Waals surface area contributed by atoms with Gasteiger partial charge in [-0.3, -0.25) is 4.79 Å². The summed E-state index contributed by atoms with van der Waals surface area (Å²) in [6.07, 6.45) is 0. The number of hydrogen-bond acceptors (Lipinski definition) is 1. The molecule has 0 aromatic heterocycles. The fourth-order valence-electron chi connectivity index (χ4n) is 0.871. The van der Waals surface area contributed by atoms with Gasteiger partial charge in [-0.2, -0.15) is 0 Å². The van der Waals surface area contributed by atoms with Crippen molar-refractivity contribution in [2.45, 2.75) is 6.92 Å². The predicted molar refractivity (Wildman–Crippen MR) is 43.4 cm³/mol. The largest absolute Gasteiger partial charge is 0.355 e. The van der Waals surface area contributed by atoms with Crippen LogP contribution in [0.25, 0.3) is 0 Å². The molecule has 1 aromatic rings. The Morgan fingerprint density at radius 3 is 2.91 bits per heavy atom. The quantitative estimate of drug-likeness (QED) is 0.636. The summed E-state index contributed by atoms with van der Waals surface area (Å²) < 4.78 is 0. The number of carbonyl (C=O) groups is 1. The lowest BCUT2D eigenvalue weighted by atomic mass is 10.1. The topological polar surface area (TPSA) is 29.1 Å². The van der Waals surface area contributed by atoms with Gasteiger partial charge in [-0.05, 0) is 30.7 Å². The molecule has 0 bridgehead atoms. The monoisotopic (exact) mass is 148 g/mol. The van der Waals surface area contributed by atoms with Crippen LogP contribution in [0.1, 0.15) is 15.9 Å². The van der Waals surface area contributed by atoms with E-state index < -0.39 is 0 Å². The van der Waals surface area contributed by atoms with E-state index in [0.717, 1.165) is 5.56 Å². The Hall–Kier alpha value is -1.31. The van der Waals surface area contributed by atoms with Crippen molar-refractivity contribution in [2.75, 3.05) is 7.05 Å². The average Bonchev–Trinajstić information content (AvgIpc) is 2.03. The molecule has 2 heteroatoms. The van der Waals surface area contributed by atoms with Crippen LogP contribution in [0.15, 0.2) is 18.2 Å². The summed E-state index contributed by atoms with van der Waals surface area (Å²) in [5.74, 6) is -0.0536. The summed E-state index contributed by atoms with van der Waals surface area (Å²) in [5, 5.41) is 2.56. The number of rotatable bonds is 1. The van der Waals surface area contributed by atoms with Crippen LogP contribution < -0.4 is 5.32 Å². The third-order valence-electron chi connectivity index (χ3n) is 1.44. The van der Waals surface area contributed by atoms with E-state index in [4.69, 9.17) is 0 Å². The van der Waals surface area contributed by atoms with Crippen molar-refractivity contribution in [3.63, 3.8) is 0 Å². The molecule has 57 valence electrons. The van der Waals surface area contributed by atoms with Gasteiger partial charge in [0.2, 0.25) is 0 Å². The fraction of sp³-hybridized carbons (Fsp3) is 0.222. The van der Waals surface area contributed by atoms with Crippen molar-refractivity contribution in [2.24, 2.45) is 0 Å². The van der Waals surface area contributed by atoms with Gasteiger partial charge in [0.05, 0.1) is 0 Å². The SMILES string of the molecule is CNC(=O)c1cc[c]c(C)c1. The standard InChI is InChI=1S/C9H10NO/c1-7-4-3-5-8(6-7)9(11)10-2/h3,5-6H,1-2H3,(H,10,11). The Morgan fingerprint density at radius 2 is 2.36 bits per heavy atom. The van der Waals surface area contributed by atoms with Crippen molar-refractivity contribution < 1.29 is 4.79 Å². The number of carbonyl (C=O) groups excluding carboxylic acids is 1. The summed E-state index contributed by atoms with van der Waals surface area (Å²) in [4.78, 5) is 11.0. The van der Waals surface area contributed by atoms with Gasteiger partial charge in [0.15, 0.2) is 0 Å². The molecule has 0 aliphatic rings. The van der Waals surface area contributed by atoms with E-state index in [-0.39, 0.29) is 5.91 Å². The molecule has 0 unspecified atom stereocenters. The van der Waals surface area contributed by atoms with Gasteiger partial charge in [0.1, 0.15) is 0 Å². The summed E-state index contributed by atoms with van der Waals surface area (Å²) >= 11 is 0. The maximum Gasteiger partial charge on any atom is 0.251 e. The average molecular weight is 148 g/mol. The molecule has 1 amide bonds. The zero-order valence-corrected chi connectivity index (χ0v) is 6.64. The maximum atomic E-state index is 11.0. The fourth-order valence-corrected chi connectivity index (χ4v) is 0.871. The van der Waals surface area contributed by atoms with Gasteiger partial charge in [-0.25, -0.2) is 0 Å². The van der Waals surface area contributed by atoms with E-state index in [1.807, 2.05) is 6.92 Å². The van der Waals surface area contributed by atoms with Crippen LogP contribution in [0, 0.1) is 13.0 Å². The summed E-state index contributed by atoms with van der Waals surface area (Å²) in [5.41, 5.74) is 1.66. The first-order chi connectivity index (χ1) is 5.24. The van der Waals surface area contributed by atoms with E-state index in [1.165, 1.54) is 0 Å². The molecule has 0 aliphatic carbocycles. The van der Waals surface area contributed by atoms with Crippen molar-refractivity contribution in [1.82, 2.24) is 5.32 Å². The lowest BCUT2D eigenvalue weighted by molar-refractivity contribution is 0.0963. The molecule has 0 atom stereocenters. The van der Waals surface area contributed by atoms with Crippen LogP contribution in [0.3, 0.4) is 0 Å². The zero-order valence-electron chi connectivity index (χ0n) is 6.64. The Labute approximate surface area is 66.2 Å². The second kappa shape index (κ2) is 3.19. The van der Waals surface area contributed by atoms with E-state index in [2.05, 4.69) is 11.4 Å². The number of aryl methyl sites for hydroxylation is 1. The summed E-state index contributed by atoms with van der Waals surface area (Å²) in [6, 6.07) is 8.27. The minimum atomic E-state index is -0.0536. The highest BCUT2D eigenvalue weighted by Gasteiger charge is 2.00. The van der Waals surface area contributed by atoms with Gasteiger partial charge in [-0.1, -0.05) is 6.07 Å². The van der Waals surface area contributed by atoms with Gasteiger partial charge >= 0.3 is 0 Å².